The summed E-state index contributed by atoms with van der Waals surface area (Å²) in [5.74, 6) is -1.25. The molecule has 0 aromatic heterocycles. The summed E-state index contributed by atoms with van der Waals surface area (Å²) in [6.45, 7) is 2.14. The Morgan fingerprint density at radius 1 is 1.27 bits per heavy atom. The minimum Gasteiger partial charge on any atom is -0.479 e. The molecule has 5 heteroatoms. The van der Waals surface area contributed by atoms with Crippen LogP contribution in [0, 0.1) is 0 Å². The van der Waals surface area contributed by atoms with Gasteiger partial charge in [0.05, 0.1) is 0 Å². The molecule has 0 aliphatic rings. The van der Waals surface area contributed by atoms with E-state index in [4.69, 9.17) is 22.3 Å². The summed E-state index contributed by atoms with van der Waals surface area (Å²) in [5, 5.41) is 8.72. The fraction of sp³-hybridized carbons (Fsp3) is 0.900. The number of rotatable bonds is 8. The summed E-state index contributed by atoms with van der Waals surface area (Å²) in [6.07, 6.45) is 6.02. The Balaban J connectivity index is 3.73. The van der Waals surface area contributed by atoms with Crippen LogP contribution in [0.1, 0.15) is 45.4 Å². The molecular weight excluding hydrogens is 194 g/mol. The highest BCUT2D eigenvalue weighted by Gasteiger charge is 2.35. The highest BCUT2D eigenvalue weighted by molar-refractivity contribution is 5.78. The Labute approximate surface area is 91.0 Å². The van der Waals surface area contributed by atoms with Gasteiger partial charge in [-0.3, -0.25) is 0 Å². The van der Waals surface area contributed by atoms with Crippen LogP contribution in [0.15, 0.2) is 0 Å². The van der Waals surface area contributed by atoms with Gasteiger partial charge in [0.15, 0.2) is 5.66 Å². The van der Waals surface area contributed by atoms with Gasteiger partial charge in [0.1, 0.15) is 0 Å². The molecule has 0 amide bonds. The summed E-state index contributed by atoms with van der Waals surface area (Å²) in [4.78, 5) is 10.7. The number of unbranched alkanes of at least 4 members (excludes halogenated alkanes) is 4. The fourth-order valence-electron chi connectivity index (χ4n) is 1.37. The van der Waals surface area contributed by atoms with E-state index in [1.165, 1.54) is 12.8 Å². The average Bonchev–Trinajstić information content (AvgIpc) is 2.16. The van der Waals surface area contributed by atoms with Gasteiger partial charge in [0, 0.05) is 6.04 Å². The van der Waals surface area contributed by atoms with Gasteiger partial charge >= 0.3 is 5.97 Å². The predicted molar refractivity (Wildman–Crippen MR) is 60.1 cm³/mol. The van der Waals surface area contributed by atoms with Crippen molar-refractivity contribution < 1.29 is 9.90 Å². The van der Waals surface area contributed by atoms with Gasteiger partial charge in [-0.05, 0) is 6.42 Å². The van der Waals surface area contributed by atoms with Gasteiger partial charge in [0.25, 0.3) is 0 Å². The van der Waals surface area contributed by atoms with Crippen LogP contribution in [0.2, 0.25) is 0 Å². The topological polar surface area (TPSA) is 115 Å². The predicted octanol–water partition coefficient (Wildman–Crippen LogP) is 0.373. The minimum atomic E-state index is -1.80. The molecule has 15 heavy (non-hydrogen) atoms. The molecule has 0 rings (SSSR count). The van der Waals surface area contributed by atoms with Crippen LogP contribution in [-0.2, 0) is 4.79 Å². The van der Waals surface area contributed by atoms with Gasteiger partial charge < -0.3 is 22.3 Å². The summed E-state index contributed by atoms with van der Waals surface area (Å²) in [6, 6.07) is -0.684. The smallest absolute Gasteiger partial charge is 0.340 e. The Hall–Kier alpha value is -0.650. The van der Waals surface area contributed by atoms with E-state index in [1.807, 2.05) is 0 Å². The van der Waals surface area contributed by atoms with Crippen molar-refractivity contribution >= 4 is 5.97 Å². The van der Waals surface area contributed by atoms with Crippen LogP contribution in [0.5, 0.6) is 0 Å². The van der Waals surface area contributed by atoms with Crippen LogP contribution in [0.4, 0.5) is 0 Å². The number of carboxylic acids is 1. The van der Waals surface area contributed by atoms with Crippen LogP contribution in [0.3, 0.4) is 0 Å². The van der Waals surface area contributed by atoms with Crippen molar-refractivity contribution in [3.05, 3.63) is 0 Å². The first-order valence-electron chi connectivity index (χ1n) is 5.49. The molecule has 90 valence electrons. The van der Waals surface area contributed by atoms with E-state index in [1.54, 1.807) is 0 Å². The SMILES string of the molecule is CCCCCCCC(N)C(N)(N)C(=O)O. The number of hydrogen-bond donors (Lipinski definition) is 4. The lowest BCUT2D eigenvalue weighted by Crippen LogP contribution is -2.67. The molecule has 0 aromatic rings. The van der Waals surface area contributed by atoms with E-state index in [0.29, 0.717) is 6.42 Å². The first-order valence-corrected chi connectivity index (χ1v) is 5.49. The zero-order valence-corrected chi connectivity index (χ0v) is 9.41. The summed E-state index contributed by atoms with van der Waals surface area (Å²) < 4.78 is 0. The highest BCUT2D eigenvalue weighted by atomic mass is 16.4. The Morgan fingerprint density at radius 2 is 1.80 bits per heavy atom. The Kier molecular flexibility index (Phi) is 6.47. The molecule has 0 fully saturated rings. The second kappa shape index (κ2) is 6.76. The van der Waals surface area contributed by atoms with Crippen LogP contribution < -0.4 is 17.2 Å². The molecule has 1 unspecified atom stereocenters. The van der Waals surface area contributed by atoms with Crippen molar-refractivity contribution in [1.82, 2.24) is 0 Å². The highest BCUT2D eigenvalue weighted by Crippen LogP contribution is 2.10. The molecule has 0 saturated carbocycles. The number of aliphatic carboxylic acids is 1. The van der Waals surface area contributed by atoms with E-state index in [0.717, 1.165) is 19.3 Å². The number of carboxylic acid groups (broad SMARTS) is 1. The van der Waals surface area contributed by atoms with Crippen LogP contribution >= 0.6 is 0 Å². The summed E-state index contributed by atoms with van der Waals surface area (Å²) in [7, 11) is 0. The lowest BCUT2D eigenvalue weighted by Gasteiger charge is -2.26. The maximum atomic E-state index is 10.7. The molecule has 0 saturated heterocycles. The molecule has 7 N–H and O–H groups in total. The van der Waals surface area contributed by atoms with Crippen molar-refractivity contribution in [3.8, 4) is 0 Å². The lowest BCUT2D eigenvalue weighted by atomic mass is 9.97. The van der Waals surface area contributed by atoms with E-state index in [-0.39, 0.29) is 0 Å². The molecule has 0 bridgehead atoms. The third kappa shape index (κ3) is 5.11. The van der Waals surface area contributed by atoms with E-state index < -0.39 is 17.7 Å². The lowest BCUT2D eigenvalue weighted by molar-refractivity contribution is -0.144. The van der Waals surface area contributed by atoms with Crippen molar-refractivity contribution in [2.24, 2.45) is 17.2 Å². The van der Waals surface area contributed by atoms with Crippen molar-refractivity contribution in [2.75, 3.05) is 0 Å². The number of hydrogen-bond acceptors (Lipinski definition) is 4. The standard InChI is InChI=1S/C10H23N3O2/c1-2-3-4-5-6-7-8(11)10(12,13)9(14)15/h8H,2-7,11-13H2,1H3,(H,14,15). The van der Waals surface area contributed by atoms with Gasteiger partial charge in [-0.25, -0.2) is 4.79 Å². The van der Waals surface area contributed by atoms with Crippen molar-refractivity contribution in [3.63, 3.8) is 0 Å². The maximum Gasteiger partial charge on any atom is 0.340 e. The van der Waals surface area contributed by atoms with E-state index >= 15 is 0 Å². The normalized spacial score (nSPS) is 13.9. The second-order valence-corrected chi connectivity index (χ2v) is 4.05. The molecule has 0 heterocycles. The molecule has 0 aliphatic carbocycles. The molecule has 0 aromatic carbocycles. The number of carbonyl (C=O) groups is 1. The van der Waals surface area contributed by atoms with E-state index in [2.05, 4.69) is 6.92 Å². The zero-order chi connectivity index (χ0) is 11.9. The van der Waals surface area contributed by atoms with Gasteiger partial charge in [0.2, 0.25) is 0 Å². The van der Waals surface area contributed by atoms with Gasteiger partial charge in [-0.15, -0.1) is 0 Å². The van der Waals surface area contributed by atoms with Gasteiger partial charge in [-0.2, -0.15) is 0 Å². The second-order valence-electron chi connectivity index (χ2n) is 4.05. The van der Waals surface area contributed by atoms with Crippen molar-refractivity contribution in [2.45, 2.75) is 57.2 Å². The van der Waals surface area contributed by atoms with Gasteiger partial charge in [-0.1, -0.05) is 39.0 Å². The Morgan fingerprint density at radius 3 is 2.27 bits per heavy atom. The van der Waals surface area contributed by atoms with Crippen LogP contribution in [0.25, 0.3) is 0 Å². The monoisotopic (exact) mass is 217 g/mol. The maximum absolute atomic E-state index is 10.7. The van der Waals surface area contributed by atoms with E-state index in [9.17, 15) is 4.79 Å². The molecule has 1 atom stereocenters. The molecule has 0 spiro atoms. The Bertz CT molecular complexity index is 195. The first kappa shape index (κ1) is 14.3. The molecular formula is C10H23N3O2. The third-order valence-corrected chi connectivity index (χ3v) is 2.60. The third-order valence-electron chi connectivity index (χ3n) is 2.60. The average molecular weight is 217 g/mol. The zero-order valence-electron chi connectivity index (χ0n) is 9.41. The first-order chi connectivity index (χ1) is 6.92. The largest absolute Gasteiger partial charge is 0.479 e. The fourth-order valence-corrected chi connectivity index (χ4v) is 1.37. The molecule has 0 radical (unpaired) electrons. The molecule has 0 aliphatic heterocycles. The van der Waals surface area contributed by atoms with Crippen molar-refractivity contribution in [1.29, 1.82) is 0 Å². The number of nitrogens with two attached hydrogens (primary N) is 3. The summed E-state index contributed by atoms with van der Waals surface area (Å²) >= 11 is 0. The van der Waals surface area contributed by atoms with Crippen LogP contribution in [-0.4, -0.2) is 22.8 Å². The minimum absolute atomic E-state index is 0.559. The molecule has 5 nitrogen and oxygen atoms in total. The quantitative estimate of drug-likeness (QED) is 0.346. The summed E-state index contributed by atoms with van der Waals surface area (Å²) in [5.41, 5.74) is 14.6.